The second kappa shape index (κ2) is 7.69. The van der Waals surface area contributed by atoms with Crippen LogP contribution in [0.5, 0.6) is 5.75 Å². The number of pyridine rings is 1. The highest BCUT2D eigenvalue weighted by Crippen LogP contribution is 2.36. The average Bonchev–Trinajstić information content (AvgIpc) is 3.20. The first kappa shape index (κ1) is 18.0. The Morgan fingerprint density at radius 1 is 1.19 bits per heavy atom. The first-order valence-electron chi connectivity index (χ1n) is 9.86. The summed E-state index contributed by atoms with van der Waals surface area (Å²) in [6, 6.07) is 14.0. The molecule has 0 radical (unpaired) electrons. The first-order valence-corrected chi connectivity index (χ1v) is 9.86. The molecule has 27 heavy (non-hydrogen) atoms. The van der Waals surface area contributed by atoms with Crippen molar-refractivity contribution in [1.82, 2.24) is 15.2 Å². The summed E-state index contributed by atoms with van der Waals surface area (Å²) < 4.78 is 6.40. The molecule has 0 unspecified atom stereocenters. The molecule has 1 aromatic heterocycles. The van der Waals surface area contributed by atoms with Crippen molar-refractivity contribution in [3.63, 3.8) is 0 Å². The minimum atomic E-state index is -0.794. The number of ether oxygens (including phenoxy) is 1. The molecular formula is C22H27N3O2. The Hall–Kier alpha value is -2.40. The Morgan fingerprint density at radius 2 is 1.96 bits per heavy atom. The number of amides is 1. The van der Waals surface area contributed by atoms with E-state index < -0.39 is 5.60 Å². The summed E-state index contributed by atoms with van der Waals surface area (Å²) in [5.41, 5.74) is 1.36. The number of nitrogens with zero attached hydrogens (tertiary/aromatic N) is 2. The quantitative estimate of drug-likeness (QED) is 0.904. The van der Waals surface area contributed by atoms with Gasteiger partial charge in [-0.1, -0.05) is 23.8 Å². The van der Waals surface area contributed by atoms with Gasteiger partial charge in [-0.25, -0.2) is 0 Å². The summed E-state index contributed by atoms with van der Waals surface area (Å²) in [5.74, 6) is 0.877. The lowest BCUT2D eigenvalue weighted by Gasteiger charge is -2.40. The Bertz CT molecular complexity index is 770. The predicted octanol–water partition coefficient (Wildman–Crippen LogP) is 3.25. The summed E-state index contributed by atoms with van der Waals surface area (Å²) >= 11 is 0. The van der Waals surface area contributed by atoms with Crippen molar-refractivity contribution in [3.05, 3.63) is 59.9 Å². The van der Waals surface area contributed by atoms with Crippen molar-refractivity contribution >= 4 is 5.91 Å². The van der Waals surface area contributed by atoms with E-state index in [0.29, 0.717) is 12.8 Å². The molecule has 3 heterocycles. The highest BCUT2D eigenvalue weighted by molar-refractivity contribution is 5.86. The summed E-state index contributed by atoms with van der Waals surface area (Å²) in [7, 11) is 0. The fraction of sp³-hybridized carbons (Fsp3) is 0.455. The molecule has 1 aromatic carbocycles. The van der Waals surface area contributed by atoms with Crippen LogP contribution in [0, 0.1) is 6.92 Å². The Kier molecular flexibility index (Phi) is 5.12. The Labute approximate surface area is 160 Å². The normalized spacial score (nSPS) is 21.8. The Balaban J connectivity index is 1.61. The number of hydrogen-bond donors (Lipinski definition) is 1. The maximum absolute atomic E-state index is 13.7. The van der Waals surface area contributed by atoms with Gasteiger partial charge in [0.15, 0.2) is 5.60 Å². The van der Waals surface area contributed by atoms with Crippen LogP contribution >= 0.6 is 0 Å². The summed E-state index contributed by atoms with van der Waals surface area (Å²) in [6.07, 6.45) is 5.14. The van der Waals surface area contributed by atoms with E-state index in [4.69, 9.17) is 4.74 Å². The van der Waals surface area contributed by atoms with E-state index >= 15 is 0 Å². The van der Waals surface area contributed by atoms with Gasteiger partial charge in [-0.3, -0.25) is 9.78 Å². The average molecular weight is 365 g/mol. The Morgan fingerprint density at radius 3 is 2.67 bits per heavy atom. The largest absolute Gasteiger partial charge is 0.477 e. The molecule has 2 aliphatic heterocycles. The summed E-state index contributed by atoms with van der Waals surface area (Å²) in [6.45, 7) is 4.41. The molecule has 2 saturated heterocycles. The molecule has 0 saturated carbocycles. The van der Waals surface area contributed by atoms with Gasteiger partial charge in [0, 0.05) is 25.6 Å². The van der Waals surface area contributed by atoms with Crippen LogP contribution in [0.4, 0.5) is 0 Å². The maximum Gasteiger partial charge on any atom is 0.267 e. The zero-order valence-electron chi connectivity index (χ0n) is 15.9. The predicted molar refractivity (Wildman–Crippen MR) is 105 cm³/mol. The molecule has 0 bridgehead atoms. The van der Waals surface area contributed by atoms with E-state index in [1.807, 2.05) is 47.4 Å². The van der Waals surface area contributed by atoms with Crippen LogP contribution in [-0.4, -0.2) is 41.0 Å². The van der Waals surface area contributed by atoms with Crippen LogP contribution in [0.15, 0.2) is 48.7 Å². The molecule has 0 spiro atoms. The van der Waals surface area contributed by atoms with E-state index in [2.05, 4.69) is 17.2 Å². The van der Waals surface area contributed by atoms with Gasteiger partial charge in [0.25, 0.3) is 5.91 Å². The lowest BCUT2D eigenvalue weighted by atomic mass is 9.89. The molecule has 2 fully saturated rings. The first-order chi connectivity index (χ1) is 13.2. The van der Waals surface area contributed by atoms with Crippen LogP contribution in [0.1, 0.15) is 43.0 Å². The summed E-state index contributed by atoms with van der Waals surface area (Å²) in [4.78, 5) is 20.2. The van der Waals surface area contributed by atoms with Crippen LogP contribution in [-0.2, 0) is 4.79 Å². The second-order valence-electron chi connectivity index (χ2n) is 7.57. The van der Waals surface area contributed by atoms with Crippen molar-refractivity contribution in [2.75, 3.05) is 19.6 Å². The highest BCUT2D eigenvalue weighted by Gasteiger charge is 2.47. The van der Waals surface area contributed by atoms with Gasteiger partial charge in [0.05, 0.1) is 11.7 Å². The lowest BCUT2D eigenvalue weighted by molar-refractivity contribution is -0.151. The number of hydrogen-bond acceptors (Lipinski definition) is 4. The van der Waals surface area contributed by atoms with Gasteiger partial charge in [0.1, 0.15) is 5.75 Å². The van der Waals surface area contributed by atoms with Gasteiger partial charge in [-0.15, -0.1) is 0 Å². The molecular weight excluding hydrogens is 338 g/mol. The minimum Gasteiger partial charge on any atom is -0.477 e. The smallest absolute Gasteiger partial charge is 0.267 e. The van der Waals surface area contributed by atoms with Gasteiger partial charge >= 0.3 is 0 Å². The number of aryl methyl sites for hydroxylation is 1. The number of rotatable bonds is 4. The number of aromatic nitrogens is 1. The van der Waals surface area contributed by atoms with Crippen molar-refractivity contribution in [2.45, 2.75) is 44.2 Å². The van der Waals surface area contributed by atoms with E-state index in [1.54, 1.807) is 6.20 Å². The van der Waals surface area contributed by atoms with Crippen LogP contribution in [0.3, 0.4) is 0 Å². The van der Waals surface area contributed by atoms with E-state index in [1.165, 1.54) is 5.56 Å². The molecule has 4 rings (SSSR count). The highest BCUT2D eigenvalue weighted by atomic mass is 16.5. The van der Waals surface area contributed by atoms with Gasteiger partial charge < -0.3 is 15.0 Å². The van der Waals surface area contributed by atoms with Crippen LogP contribution < -0.4 is 10.1 Å². The number of carbonyl (C=O) groups excluding carboxylic acids is 1. The van der Waals surface area contributed by atoms with Crippen LogP contribution in [0.25, 0.3) is 0 Å². The third-order valence-corrected chi connectivity index (χ3v) is 5.68. The molecule has 2 aromatic rings. The molecule has 1 N–H and O–H groups in total. The standard InChI is InChI=1S/C22H27N3O2/c1-17-7-9-18(10-8-17)27-22(11-14-23-15-12-22)21(26)25-16-4-6-20(25)19-5-2-3-13-24-19/h2-3,5,7-10,13,20,23H,4,6,11-12,14-16H2,1H3/t20-/m1/s1. The van der Waals surface area contributed by atoms with Crippen molar-refractivity contribution < 1.29 is 9.53 Å². The monoisotopic (exact) mass is 365 g/mol. The number of likely N-dealkylation sites (tertiary alicyclic amines) is 1. The third-order valence-electron chi connectivity index (χ3n) is 5.68. The zero-order chi connectivity index (χ0) is 18.7. The minimum absolute atomic E-state index is 0.0482. The molecule has 1 amide bonds. The number of carbonyl (C=O) groups is 1. The fourth-order valence-corrected chi connectivity index (χ4v) is 4.17. The molecule has 0 aliphatic carbocycles. The maximum atomic E-state index is 13.7. The van der Waals surface area contributed by atoms with Gasteiger partial charge in [-0.2, -0.15) is 0 Å². The van der Waals surface area contributed by atoms with Crippen molar-refractivity contribution in [2.24, 2.45) is 0 Å². The fourth-order valence-electron chi connectivity index (χ4n) is 4.17. The number of benzene rings is 1. The molecule has 1 atom stereocenters. The molecule has 5 heteroatoms. The number of piperidine rings is 1. The van der Waals surface area contributed by atoms with E-state index in [0.717, 1.165) is 43.9 Å². The van der Waals surface area contributed by atoms with Crippen molar-refractivity contribution in [1.29, 1.82) is 0 Å². The molecule has 5 nitrogen and oxygen atoms in total. The van der Waals surface area contributed by atoms with E-state index in [-0.39, 0.29) is 11.9 Å². The van der Waals surface area contributed by atoms with Gasteiger partial charge in [0.2, 0.25) is 0 Å². The van der Waals surface area contributed by atoms with Crippen LogP contribution in [0.2, 0.25) is 0 Å². The SMILES string of the molecule is Cc1ccc(OC2(C(=O)N3CCC[C@@H]3c3ccccn3)CCNCC2)cc1. The summed E-state index contributed by atoms with van der Waals surface area (Å²) in [5, 5.41) is 3.36. The van der Waals surface area contributed by atoms with E-state index in [9.17, 15) is 4.79 Å². The zero-order valence-corrected chi connectivity index (χ0v) is 15.9. The number of nitrogens with one attached hydrogen (secondary N) is 1. The van der Waals surface area contributed by atoms with Gasteiger partial charge in [-0.05, 0) is 57.1 Å². The molecule has 142 valence electrons. The molecule has 2 aliphatic rings. The van der Waals surface area contributed by atoms with Crippen molar-refractivity contribution in [3.8, 4) is 5.75 Å². The third kappa shape index (κ3) is 3.69. The lowest BCUT2D eigenvalue weighted by Crippen LogP contribution is -2.57. The second-order valence-corrected chi connectivity index (χ2v) is 7.57. The topological polar surface area (TPSA) is 54.5 Å².